The van der Waals surface area contributed by atoms with E-state index in [-0.39, 0.29) is 11.9 Å². The second-order valence-electron chi connectivity index (χ2n) is 5.23. The van der Waals surface area contributed by atoms with Crippen LogP contribution in [-0.2, 0) is 0 Å². The van der Waals surface area contributed by atoms with Gasteiger partial charge in [0.1, 0.15) is 5.82 Å². The molecule has 1 unspecified atom stereocenters. The maximum Gasteiger partial charge on any atom is 0.128 e. The van der Waals surface area contributed by atoms with E-state index in [9.17, 15) is 4.39 Å². The molecule has 0 saturated heterocycles. The smallest absolute Gasteiger partial charge is 0.128 e. The summed E-state index contributed by atoms with van der Waals surface area (Å²) < 4.78 is 15.4. The van der Waals surface area contributed by atoms with Crippen molar-refractivity contribution in [2.24, 2.45) is 0 Å². The maximum atomic E-state index is 14.5. The summed E-state index contributed by atoms with van der Waals surface area (Å²) in [6, 6.07) is 7.14. The Balaban J connectivity index is 2.54. The van der Waals surface area contributed by atoms with Crippen LogP contribution in [0.1, 0.15) is 41.8 Å². The van der Waals surface area contributed by atoms with Gasteiger partial charge in [0.15, 0.2) is 0 Å². The molecule has 0 amide bonds. The highest BCUT2D eigenvalue weighted by molar-refractivity contribution is 9.10. The van der Waals surface area contributed by atoms with Gasteiger partial charge in [-0.3, -0.25) is 4.98 Å². The number of rotatable bonds is 5. The van der Waals surface area contributed by atoms with Gasteiger partial charge in [0.05, 0.1) is 11.7 Å². The minimum atomic E-state index is -0.249. The Morgan fingerprint density at radius 1 is 1.33 bits per heavy atom. The molecule has 1 atom stereocenters. The number of hydrogen-bond acceptors (Lipinski definition) is 2. The summed E-state index contributed by atoms with van der Waals surface area (Å²) in [5.41, 5.74) is 3.37. The second-order valence-corrected chi connectivity index (χ2v) is 6.09. The molecule has 0 radical (unpaired) electrons. The summed E-state index contributed by atoms with van der Waals surface area (Å²) in [7, 11) is 0. The van der Waals surface area contributed by atoms with Crippen LogP contribution in [0.3, 0.4) is 0 Å². The molecule has 2 nitrogen and oxygen atoms in total. The van der Waals surface area contributed by atoms with Crippen molar-refractivity contribution in [2.75, 3.05) is 6.54 Å². The Hall–Kier alpha value is -1.26. The van der Waals surface area contributed by atoms with Gasteiger partial charge >= 0.3 is 0 Å². The van der Waals surface area contributed by atoms with Gasteiger partial charge in [0.25, 0.3) is 0 Å². The largest absolute Gasteiger partial charge is 0.305 e. The summed E-state index contributed by atoms with van der Waals surface area (Å²) >= 11 is 3.52. The molecular weight excluding hydrogens is 331 g/mol. The summed E-state index contributed by atoms with van der Waals surface area (Å²) in [6.07, 6.45) is 2.72. The highest BCUT2D eigenvalue weighted by Gasteiger charge is 2.22. The lowest BCUT2D eigenvalue weighted by Gasteiger charge is -2.22. The van der Waals surface area contributed by atoms with E-state index in [1.54, 1.807) is 12.3 Å². The summed E-state index contributed by atoms with van der Waals surface area (Å²) in [6.45, 7) is 6.75. The monoisotopic (exact) mass is 350 g/mol. The molecule has 0 aliphatic rings. The van der Waals surface area contributed by atoms with Crippen LogP contribution in [0.4, 0.5) is 4.39 Å². The third-order valence-corrected chi connectivity index (χ3v) is 4.10. The molecule has 0 saturated carbocycles. The molecule has 2 aromatic rings. The van der Waals surface area contributed by atoms with Crippen LogP contribution >= 0.6 is 15.9 Å². The number of aryl methyl sites for hydroxylation is 2. The van der Waals surface area contributed by atoms with Gasteiger partial charge in [-0.25, -0.2) is 4.39 Å². The van der Waals surface area contributed by atoms with Gasteiger partial charge in [-0.2, -0.15) is 0 Å². The van der Waals surface area contributed by atoms with E-state index in [1.165, 1.54) is 0 Å². The minimum Gasteiger partial charge on any atom is -0.305 e. The first kappa shape index (κ1) is 16.1. The number of benzene rings is 1. The molecular formula is C17H20BrFN2. The zero-order chi connectivity index (χ0) is 15.4. The zero-order valence-electron chi connectivity index (χ0n) is 12.6. The molecule has 4 heteroatoms. The predicted octanol–water partition coefficient (Wildman–Crippen LogP) is 4.69. The van der Waals surface area contributed by atoms with Crippen LogP contribution in [0.15, 0.2) is 34.9 Å². The molecule has 112 valence electrons. The minimum absolute atomic E-state index is 0.182. The highest BCUT2D eigenvalue weighted by atomic mass is 79.9. The van der Waals surface area contributed by atoms with Gasteiger partial charge in [0, 0.05) is 16.2 Å². The number of pyridine rings is 1. The number of hydrogen-bond donors (Lipinski definition) is 1. The van der Waals surface area contributed by atoms with Gasteiger partial charge in [-0.05, 0) is 72.1 Å². The molecule has 0 fully saturated rings. The number of nitrogens with zero attached hydrogens (tertiary/aromatic N) is 1. The number of aromatic nitrogens is 1. The Morgan fingerprint density at radius 3 is 2.71 bits per heavy atom. The normalized spacial score (nSPS) is 12.4. The van der Waals surface area contributed by atoms with Crippen LogP contribution in [0.25, 0.3) is 0 Å². The van der Waals surface area contributed by atoms with Crippen molar-refractivity contribution in [3.05, 3.63) is 63.1 Å². The van der Waals surface area contributed by atoms with Gasteiger partial charge in [-0.15, -0.1) is 0 Å². The molecule has 1 heterocycles. The van der Waals surface area contributed by atoms with Gasteiger partial charge in [-0.1, -0.05) is 13.0 Å². The topological polar surface area (TPSA) is 24.9 Å². The van der Waals surface area contributed by atoms with Crippen molar-refractivity contribution < 1.29 is 4.39 Å². The molecule has 0 bridgehead atoms. The summed E-state index contributed by atoms with van der Waals surface area (Å²) in [4.78, 5) is 4.44. The van der Waals surface area contributed by atoms with Crippen LogP contribution in [0, 0.1) is 19.7 Å². The molecule has 1 aromatic carbocycles. The molecule has 2 rings (SSSR count). The predicted molar refractivity (Wildman–Crippen MR) is 87.9 cm³/mol. The summed E-state index contributed by atoms with van der Waals surface area (Å²) in [5.74, 6) is -0.182. The lowest BCUT2D eigenvalue weighted by Crippen LogP contribution is -2.26. The van der Waals surface area contributed by atoms with E-state index < -0.39 is 0 Å². The lowest BCUT2D eigenvalue weighted by atomic mass is 9.95. The average Bonchev–Trinajstić information content (AvgIpc) is 2.42. The molecule has 0 aliphatic heterocycles. The SMILES string of the molecule is CCCNC(c1ncccc1Br)c1c(C)cc(C)cc1F. The Labute approximate surface area is 133 Å². The highest BCUT2D eigenvalue weighted by Crippen LogP contribution is 2.31. The fraction of sp³-hybridized carbons (Fsp3) is 0.353. The second kappa shape index (κ2) is 7.14. The van der Waals surface area contributed by atoms with E-state index in [0.717, 1.165) is 34.3 Å². The fourth-order valence-electron chi connectivity index (χ4n) is 2.53. The fourth-order valence-corrected chi connectivity index (χ4v) is 3.01. The van der Waals surface area contributed by atoms with Crippen LogP contribution < -0.4 is 5.32 Å². The van der Waals surface area contributed by atoms with Crippen LogP contribution in [0.2, 0.25) is 0 Å². The van der Waals surface area contributed by atoms with E-state index in [1.807, 2.05) is 32.0 Å². The first-order valence-corrected chi connectivity index (χ1v) is 7.94. The summed E-state index contributed by atoms with van der Waals surface area (Å²) in [5, 5.41) is 3.41. The number of halogens is 2. The van der Waals surface area contributed by atoms with Crippen molar-refractivity contribution >= 4 is 15.9 Å². The molecule has 0 spiro atoms. The van der Waals surface area contributed by atoms with E-state index in [0.29, 0.717) is 5.56 Å². The van der Waals surface area contributed by atoms with Gasteiger partial charge in [0.2, 0.25) is 0 Å². The van der Waals surface area contributed by atoms with E-state index in [2.05, 4.69) is 33.2 Å². The number of nitrogens with one attached hydrogen (secondary N) is 1. The van der Waals surface area contributed by atoms with Crippen LogP contribution in [0.5, 0.6) is 0 Å². The van der Waals surface area contributed by atoms with E-state index in [4.69, 9.17) is 0 Å². The van der Waals surface area contributed by atoms with Crippen molar-refractivity contribution in [1.29, 1.82) is 0 Å². The van der Waals surface area contributed by atoms with Crippen molar-refractivity contribution in [2.45, 2.75) is 33.2 Å². The molecule has 0 aliphatic carbocycles. The molecule has 1 N–H and O–H groups in total. The molecule has 21 heavy (non-hydrogen) atoms. The van der Waals surface area contributed by atoms with E-state index >= 15 is 0 Å². The lowest BCUT2D eigenvalue weighted by molar-refractivity contribution is 0.534. The van der Waals surface area contributed by atoms with Crippen molar-refractivity contribution in [3.8, 4) is 0 Å². The quantitative estimate of drug-likeness (QED) is 0.845. The average molecular weight is 351 g/mol. The Morgan fingerprint density at radius 2 is 2.10 bits per heavy atom. The third-order valence-electron chi connectivity index (χ3n) is 3.43. The van der Waals surface area contributed by atoms with Crippen molar-refractivity contribution in [3.63, 3.8) is 0 Å². The first-order chi connectivity index (χ1) is 10.0. The Kier molecular flexibility index (Phi) is 5.48. The van der Waals surface area contributed by atoms with Crippen LogP contribution in [-0.4, -0.2) is 11.5 Å². The Bertz CT molecular complexity index is 605. The van der Waals surface area contributed by atoms with Gasteiger partial charge < -0.3 is 5.32 Å². The third kappa shape index (κ3) is 3.69. The standard InChI is InChI=1S/C17H20BrFN2/c1-4-7-20-17(16-13(18)6-5-8-21-16)15-12(3)9-11(2)10-14(15)19/h5-6,8-10,17,20H,4,7H2,1-3H3. The maximum absolute atomic E-state index is 14.5. The molecule has 1 aromatic heterocycles. The zero-order valence-corrected chi connectivity index (χ0v) is 14.2. The van der Waals surface area contributed by atoms with Crippen molar-refractivity contribution in [1.82, 2.24) is 10.3 Å². The first-order valence-electron chi connectivity index (χ1n) is 7.15.